The van der Waals surface area contributed by atoms with Crippen LogP contribution in [0.4, 0.5) is 9.59 Å². The molecule has 2 heterocycles. The molecule has 2 atom stereocenters. The Bertz CT molecular complexity index is 522. The highest BCUT2D eigenvalue weighted by molar-refractivity contribution is 5.62. The normalized spacial score (nSPS) is 24.0. The Morgan fingerprint density at radius 1 is 1.13 bits per heavy atom. The van der Waals surface area contributed by atoms with E-state index in [4.69, 9.17) is 18.9 Å². The minimum Gasteiger partial charge on any atom is -0.490 e. The van der Waals surface area contributed by atoms with Crippen molar-refractivity contribution in [2.75, 3.05) is 26.4 Å². The molecule has 8 heteroatoms. The Morgan fingerprint density at radius 2 is 1.70 bits per heavy atom. The first-order valence-corrected chi connectivity index (χ1v) is 7.02. The molecule has 0 N–H and O–H groups in total. The smallest absolute Gasteiger partial charge is 0.490 e. The predicted octanol–water partition coefficient (Wildman–Crippen LogP) is 2.06. The van der Waals surface area contributed by atoms with E-state index in [0.29, 0.717) is 11.5 Å². The van der Waals surface area contributed by atoms with Crippen LogP contribution < -0.4 is 0 Å². The number of cyclic esters (lactones) is 4. The minimum atomic E-state index is -0.703. The van der Waals surface area contributed by atoms with Gasteiger partial charge in [-0.15, -0.1) is 0 Å². The Kier molecular flexibility index (Phi) is 5.90. The zero-order valence-electron chi connectivity index (χ0n) is 12.7. The van der Waals surface area contributed by atoms with Gasteiger partial charge in [0.15, 0.2) is 12.2 Å². The standard InChI is InChI=1S/C15H18O8/c1-3-4-11(19-7-13-9-21-15(17)23-13)5-10(2)18-6-12-8-20-14(16)22-12/h3-5,12-13H,2,6-9H2,1H3/b4-3-,11-5+. The topological polar surface area (TPSA) is 89.5 Å². The molecule has 2 saturated heterocycles. The van der Waals surface area contributed by atoms with Crippen LogP contribution >= 0.6 is 0 Å². The summed E-state index contributed by atoms with van der Waals surface area (Å²) in [5.41, 5.74) is 0. The number of allylic oxidation sites excluding steroid dienone is 3. The lowest BCUT2D eigenvalue weighted by Gasteiger charge is -2.12. The number of rotatable bonds is 8. The summed E-state index contributed by atoms with van der Waals surface area (Å²) in [5.74, 6) is 0.820. The molecule has 2 aliphatic rings. The van der Waals surface area contributed by atoms with E-state index in [1.165, 1.54) is 0 Å². The van der Waals surface area contributed by atoms with Crippen molar-refractivity contribution >= 4 is 12.3 Å². The maximum Gasteiger partial charge on any atom is 0.508 e. The van der Waals surface area contributed by atoms with Crippen LogP contribution in [0, 0.1) is 0 Å². The van der Waals surface area contributed by atoms with Crippen molar-refractivity contribution in [1.82, 2.24) is 0 Å². The zero-order valence-corrected chi connectivity index (χ0v) is 12.7. The molecule has 0 radical (unpaired) electrons. The lowest BCUT2D eigenvalue weighted by atomic mass is 10.3. The first-order valence-electron chi connectivity index (χ1n) is 7.02. The van der Waals surface area contributed by atoms with Gasteiger partial charge in [-0.1, -0.05) is 12.7 Å². The van der Waals surface area contributed by atoms with Gasteiger partial charge in [0.05, 0.1) is 0 Å². The Labute approximate surface area is 133 Å². The molecule has 0 aromatic carbocycles. The largest absolute Gasteiger partial charge is 0.508 e. The third-order valence-electron chi connectivity index (χ3n) is 2.82. The Hall–Kier alpha value is -2.64. The van der Waals surface area contributed by atoms with Gasteiger partial charge in [0.1, 0.15) is 37.9 Å². The van der Waals surface area contributed by atoms with Crippen LogP contribution in [-0.4, -0.2) is 50.9 Å². The maximum atomic E-state index is 10.8. The lowest BCUT2D eigenvalue weighted by Crippen LogP contribution is -2.18. The van der Waals surface area contributed by atoms with Gasteiger partial charge < -0.3 is 28.4 Å². The van der Waals surface area contributed by atoms with Gasteiger partial charge in [-0.3, -0.25) is 0 Å². The molecule has 0 aliphatic carbocycles. The molecule has 0 amide bonds. The Balaban J connectivity index is 1.78. The first-order chi connectivity index (χ1) is 11.1. The fraction of sp³-hybridized carbons (Fsp3) is 0.467. The summed E-state index contributed by atoms with van der Waals surface area (Å²) >= 11 is 0. The number of hydrogen-bond donors (Lipinski definition) is 0. The third-order valence-corrected chi connectivity index (χ3v) is 2.82. The van der Waals surface area contributed by atoms with Crippen LogP contribution in [0.5, 0.6) is 0 Å². The van der Waals surface area contributed by atoms with Crippen LogP contribution in [0.25, 0.3) is 0 Å². The number of ether oxygens (including phenoxy) is 6. The van der Waals surface area contributed by atoms with E-state index in [1.807, 2.05) is 6.92 Å². The van der Waals surface area contributed by atoms with Crippen molar-refractivity contribution in [1.29, 1.82) is 0 Å². The molecule has 23 heavy (non-hydrogen) atoms. The fourth-order valence-electron chi connectivity index (χ4n) is 1.79. The molecule has 8 nitrogen and oxygen atoms in total. The summed E-state index contributed by atoms with van der Waals surface area (Å²) in [6, 6.07) is 0. The number of hydrogen-bond acceptors (Lipinski definition) is 8. The van der Waals surface area contributed by atoms with Crippen LogP contribution in [0.1, 0.15) is 6.92 Å². The molecule has 0 aromatic rings. The predicted molar refractivity (Wildman–Crippen MR) is 76.4 cm³/mol. The van der Waals surface area contributed by atoms with E-state index in [0.717, 1.165) is 0 Å². The summed E-state index contributed by atoms with van der Waals surface area (Å²) in [7, 11) is 0. The van der Waals surface area contributed by atoms with E-state index in [9.17, 15) is 9.59 Å². The molecular formula is C15H18O8. The highest BCUT2D eigenvalue weighted by Gasteiger charge is 2.26. The van der Waals surface area contributed by atoms with Crippen LogP contribution in [0.15, 0.2) is 36.3 Å². The van der Waals surface area contributed by atoms with E-state index < -0.39 is 24.5 Å². The van der Waals surface area contributed by atoms with E-state index in [1.54, 1.807) is 18.2 Å². The fourth-order valence-corrected chi connectivity index (χ4v) is 1.79. The zero-order chi connectivity index (χ0) is 16.7. The van der Waals surface area contributed by atoms with Crippen LogP contribution in [-0.2, 0) is 28.4 Å². The van der Waals surface area contributed by atoms with E-state index in [2.05, 4.69) is 16.1 Å². The van der Waals surface area contributed by atoms with Gasteiger partial charge in [0, 0.05) is 6.08 Å². The average molecular weight is 326 g/mol. The third kappa shape index (κ3) is 5.57. The summed E-state index contributed by atoms with van der Waals surface area (Å²) in [6.45, 7) is 6.18. The molecule has 2 aliphatic heterocycles. The number of carbonyl (C=O) groups excluding carboxylic acids is 2. The van der Waals surface area contributed by atoms with E-state index >= 15 is 0 Å². The monoisotopic (exact) mass is 326 g/mol. The highest BCUT2D eigenvalue weighted by atomic mass is 16.8. The first kappa shape index (κ1) is 16.7. The molecular weight excluding hydrogens is 308 g/mol. The van der Waals surface area contributed by atoms with Crippen molar-refractivity contribution in [2.45, 2.75) is 19.1 Å². The quantitative estimate of drug-likeness (QED) is 0.380. The molecule has 0 aromatic heterocycles. The van der Waals surface area contributed by atoms with Crippen LogP contribution in [0.2, 0.25) is 0 Å². The van der Waals surface area contributed by atoms with Crippen molar-refractivity contribution in [3.63, 3.8) is 0 Å². The highest BCUT2D eigenvalue weighted by Crippen LogP contribution is 2.13. The van der Waals surface area contributed by atoms with Crippen LogP contribution in [0.3, 0.4) is 0 Å². The van der Waals surface area contributed by atoms with Crippen molar-refractivity contribution < 1.29 is 38.0 Å². The molecule has 0 saturated carbocycles. The second kappa shape index (κ2) is 8.11. The molecule has 2 unspecified atom stereocenters. The molecule has 0 spiro atoms. The summed E-state index contributed by atoms with van der Waals surface area (Å²) < 4.78 is 29.9. The Morgan fingerprint density at radius 3 is 2.17 bits per heavy atom. The summed E-state index contributed by atoms with van der Waals surface area (Å²) in [4.78, 5) is 21.6. The minimum absolute atomic E-state index is 0.137. The van der Waals surface area contributed by atoms with Gasteiger partial charge in [-0.2, -0.15) is 0 Å². The van der Waals surface area contributed by atoms with Gasteiger partial charge in [-0.25, -0.2) is 9.59 Å². The SMILES string of the molecule is C=C(/C=C(\C=C/C)OCC1COC(=O)O1)OCC1COC(=O)O1. The second-order valence-corrected chi connectivity index (χ2v) is 4.74. The van der Waals surface area contributed by atoms with Gasteiger partial charge in [-0.05, 0) is 13.0 Å². The van der Waals surface area contributed by atoms with Crippen molar-refractivity contribution in [2.24, 2.45) is 0 Å². The lowest BCUT2D eigenvalue weighted by molar-refractivity contribution is 0.0747. The van der Waals surface area contributed by atoms with Gasteiger partial charge in [0.25, 0.3) is 0 Å². The van der Waals surface area contributed by atoms with Gasteiger partial charge in [0.2, 0.25) is 0 Å². The second-order valence-electron chi connectivity index (χ2n) is 4.74. The van der Waals surface area contributed by atoms with E-state index in [-0.39, 0.29) is 26.4 Å². The average Bonchev–Trinajstić information content (AvgIpc) is 3.11. The molecule has 2 fully saturated rings. The summed E-state index contributed by atoms with van der Waals surface area (Å²) in [6.07, 6.45) is 2.78. The van der Waals surface area contributed by atoms with Gasteiger partial charge >= 0.3 is 12.3 Å². The summed E-state index contributed by atoms with van der Waals surface area (Å²) in [5, 5.41) is 0. The molecule has 126 valence electrons. The van der Waals surface area contributed by atoms with Crippen molar-refractivity contribution in [3.8, 4) is 0 Å². The molecule has 2 rings (SSSR count). The molecule has 0 bridgehead atoms. The maximum absolute atomic E-state index is 10.8. The number of carbonyl (C=O) groups is 2. The van der Waals surface area contributed by atoms with Crippen molar-refractivity contribution in [3.05, 3.63) is 36.3 Å².